The van der Waals surface area contributed by atoms with Gasteiger partial charge in [-0.15, -0.1) is 0 Å². The van der Waals surface area contributed by atoms with Crippen molar-refractivity contribution in [2.24, 2.45) is 17.6 Å². The zero-order valence-electron chi connectivity index (χ0n) is 22.9. The Morgan fingerprint density at radius 2 is 1.31 bits per heavy atom. The van der Waals surface area contributed by atoms with Crippen LogP contribution in [0.2, 0.25) is 0 Å². The van der Waals surface area contributed by atoms with Crippen molar-refractivity contribution in [3.63, 3.8) is 0 Å². The fraction of sp³-hybridized carbons (Fsp3) is 0.448. The SMILES string of the molecule is CCC(C)C(N)C(=O)NC(Cc1ccc(O)cc1)C(=O)NC(C(=O)NC(Cc1ccccc1)C(=O)O)C(C)C. The highest BCUT2D eigenvalue weighted by atomic mass is 16.4. The topological polar surface area (TPSA) is 171 Å². The van der Waals surface area contributed by atoms with Crippen molar-refractivity contribution in [1.82, 2.24) is 16.0 Å². The normalized spacial score (nSPS) is 14.9. The van der Waals surface area contributed by atoms with Crippen LogP contribution in [0.1, 0.15) is 45.2 Å². The summed E-state index contributed by atoms with van der Waals surface area (Å²) in [5, 5.41) is 27.2. The van der Waals surface area contributed by atoms with Crippen LogP contribution < -0.4 is 21.7 Å². The number of phenolic OH excluding ortho intramolecular Hbond substituents is 1. The van der Waals surface area contributed by atoms with Gasteiger partial charge in [-0.3, -0.25) is 14.4 Å². The van der Waals surface area contributed by atoms with Crippen LogP contribution in [0.25, 0.3) is 0 Å². The molecule has 0 aromatic heterocycles. The van der Waals surface area contributed by atoms with Gasteiger partial charge in [0.2, 0.25) is 17.7 Å². The van der Waals surface area contributed by atoms with Gasteiger partial charge in [0.05, 0.1) is 6.04 Å². The maximum absolute atomic E-state index is 13.4. The van der Waals surface area contributed by atoms with Gasteiger partial charge in [-0.25, -0.2) is 4.79 Å². The van der Waals surface area contributed by atoms with Crippen LogP contribution in [-0.4, -0.2) is 58.1 Å². The van der Waals surface area contributed by atoms with Crippen molar-refractivity contribution < 1.29 is 29.4 Å². The standard InChI is InChI=1S/C29H40N4O6/c1-5-18(4)24(30)27(36)31-22(15-20-11-13-21(34)14-12-20)26(35)33-25(17(2)3)28(37)32-23(29(38)39)16-19-9-7-6-8-10-19/h6-14,17-18,22-25,34H,5,15-16,30H2,1-4H3,(H,31,36)(H,32,37)(H,33,35)(H,38,39). The summed E-state index contributed by atoms with van der Waals surface area (Å²) >= 11 is 0. The van der Waals surface area contributed by atoms with Gasteiger partial charge in [-0.2, -0.15) is 0 Å². The number of nitrogens with two attached hydrogens (primary N) is 1. The number of phenols is 1. The molecule has 7 N–H and O–H groups in total. The predicted molar refractivity (Wildman–Crippen MR) is 148 cm³/mol. The summed E-state index contributed by atoms with van der Waals surface area (Å²) in [7, 11) is 0. The van der Waals surface area contributed by atoms with Crippen LogP contribution in [0, 0.1) is 11.8 Å². The van der Waals surface area contributed by atoms with Crippen LogP contribution in [0.15, 0.2) is 54.6 Å². The molecule has 0 radical (unpaired) electrons. The smallest absolute Gasteiger partial charge is 0.326 e. The van der Waals surface area contributed by atoms with Gasteiger partial charge >= 0.3 is 5.97 Å². The average Bonchev–Trinajstić information content (AvgIpc) is 2.91. The van der Waals surface area contributed by atoms with Crippen molar-refractivity contribution in [1.29, 1.82) is 0 Å². The molecule has 0 fully saturated rings. The lowest BCUT2D eigenvalue weighted by atomic mass is 9.97. The molecule has 3 amide bonds. The number of aliphatic carboxylic acids is 1. The van der Waals surface area contributed by atoms with E-state index in [1.54, 1.807) is 50.2 Å². The number of carboxylic acids is 1. The van der Waals surface area contributed by atoms with Gasteiger partial charge < -0.3 is 31.9 Å². The van der Waals surface area contributed by atoms with E-state index in [1.165, 1.54) is 12.1 Å². The second kappa shape index (κ2) is 14.9. The molecule has 5 atom stereocenters. The molecule has 5 unspecified atom stereocenters. The molecule has 0 saturated heterocycles. The second-order valence-electron chi connectivity index (χ2n) is 10.2. The van der Waals surface area contributed by atoms with E-state index in [0.717, 1.165) is 5.56 Å². The Balaban J connectivity index is 2.22. The number of amides is 3. The van der Waals surface area contributed by atoms with Gasteiger partial charge in [-0.05, 0) is 35.1 Å². The van der Waals surface area contributed by atoms with E-state index >= 15 is 0 Å². The van der Waals surface area contributed by atoms with Gasteiger partial charge in [0.1, 0.15) is 23.9 Å². The molecule has 0 heterocycles. The Hall–Kier alpha value is -3.92. The summed E-state index contributed by atoms with van der Waals surface area (Å²) in [6.45, 7) is 7.20. The van der Waals surface area contributed by atoms with Crippen LogP contribution >= 0.6 is 0 Å². The van der Waals surface area contributed by atoms with Crippen molar-refractivity contribution >= 4 is 23.7 Å². The van der Waals surface area contributed by atoms with Crippen molar-refractivity contribution in [3.05, 3.63) is 65.7 Å². The first-order chi connectivity index (χ1) is 18.4. The Kier molecular flexibility index (Phi) is 11.9. The Morgan fingerprint density at radius 3 is 1.85 bits per heavy atom. The minimum atomic E-state index is -1.20. The molecule has 0 aliphatic heterocycles. The third-order valence-electron chi connectivity index (χ3n) is 6.71. The number of nitrogens with one attached hydrogen (secondary N) is 3. The fourth-order valence-electron chi connectivity index (χ4n) is 3.96. The number of carbonyl (C=O) groups is 4. The Bertz CT molecular complexity index is 1110. The number of rotatable bonds is 14. The molecular formula is C29H40N4O6. The van der Waals surface area contributed by atoms with Crippen LogP contribution in [0.5, 0.6) is 5.75 Å². The molecule has 2 rings (SSSR count). The zero-order valence-corrected chi connectivity index (χ0v) is 22.9. The van der Waals surface area contributed by atoms with Gasteiger partial charge in [0, 0.05) is 12.8 Å². The molecule has 212 valence electrons. The van der Waals surface area contributed by atoms with E-state index in [2.05, 4.69) is 16.0 Å². The van der Waals surface area contributed by atoms with Crippen molar-refractivity contribution in [3.8, 4) is 5.75 Å². The highest BCUT2D eigenvalue weighted by Crippen LogP contribution is 2.13. The summed E-state index contributed by atoms with van der Waals surface area (Å²) in [5.74, 6) is -3.39. The highest BCUT2D eigenvalue weighted by Gasteiger charge is 2.32. The highest BCUT2D eigenvalue weighted by molar-refractivity contribution is 5.94. The fourth-order valence-corrected chi connectivity index (χ4v) is 3.96. The lowest BCUT2D eigenvalue weighted by Crippen LogP contribution is -2.59. The van der Waals surface area contributed by atoms with E-state index in [4.69, 9.17) is 5.73 Å². The lowest BCUT2D eigenvalue weighted by Gasteiger charge is -2.28. The van der Waals surface area contributed by atoms with E-state index in [1.807, 2.05) is 19.9 Å². The van der Waals surface area contributed by atoms with Gasteiger partial charge in [0.15, 0.2) is 0 Å². The summed E-state index contributed by atoms with van der Waals surface area (Å²) < 4.78 is 0. The van der Waals surface area contributed by atoms with E-state index < -0.39 is 47.9 Å². The van der Waals surface area contributed by atoms with Gasteiger partial charge in [0.25, 0.3) is 0 Å². The molecule has 2 aromatic carbocycles. The average molecular weight is 541 g/mol. The quantitative estimate of drug-likeness (QED) is 0.212. The zero-order chi connectivity index (χ0) is 29.1. The number of aromatic hydroxyl groups is 1. The first-order valence-electron chi connectivity index (χ1n) is 13.1. The molecule has 0 bridgehead atoms. The number of carbonyl (C=O) groups excluding carboxylic acids is 3. The second-order valence-corrected chi connectivity index (χ2v) is 10.2. The van der Waals surface area contributed by atoms with Gasteiger partial charge in [-0.1, -0.05) is 76.6 Å². The molecular weight excluding hydrogens is 500 g/mol. The molecule has 0 saturated carbocycles. The first-order valence-corrected chi connectivity index (χ1v) is 13.1. The number of benzene rings is 2. The molecule has 0 aliphatic rings. The van der Waals surface area contributed by atoms with E-state index in [-0.39, 0.29) is 30.4 Å². The lowest BCUT2D eigenvalue weighted by molar-refractivity contribution is -0.142. The molecule has 0 spiro atoms. The van der Waals surface area contributed by atoms with Crippen LogP contribution in [0.3, 0.4) is 0 Å². The maximum Gasteiger partial charge on any atom is 0.326 e. The summed E-state index contributed by atoms with van der Waals surface area (Å²) in [4.78, 5) is 51.3. The third kappa shape index (κ3) is 9.72. The largest absolute Gasteiger partial charge is 0.508 e. The molecule has 2 aromatic rings. The van der Waals surface area contributed by atoms with Crippen LogP contribution in [0.4, 0.5) is 0 Å². The predicted octanol–water partition coefficient (Wildman–Crippen LogP) is 1.75. The molecule has 39 heavy (non-hydrogen) atoms. The maximum atomic E-state index is 13.4. The molecule has 10 nitrogen and oxygen atoms in total. The molecule has 10 heteroatoms. The van der Waals surface area contributed by atoms with Crippen molar-refractivity contribution in [2.75, 3.05) is 0 Å². The summed E-state index contributed by atoms with van der Waals surface area (Å²) in [6, 6.07) is 11.0. The first kappa shape index (κ1) is 31.3. The summed E-state index contributed by atoms with van der Waals surface area (Å²) in [6.07, 6.45) is 0.837. The van der Waals surface area contributed by atoms with Crippen LogP contribution in [-0.2, 0) is 32.0 Å². The number of hydrogen-bond acceptors (Lipinski definition) is 6. The monoisotopic (exact) mass is 540 g/mol. The Labute approximate surface area is 229 Å². The minimum absolute atomic E-state index is 0.0580. The number of carboxylic acid groups (broad SMARTS) is 1. The van der Waals surface area contributed by atoms with E-state index in [9.17, 15) is 29.4 Å². The Morgan fingerprint density at radius 1 is 0.769 bits per heavy atom. The minimum Gasteiger partial charge on any atom is -0.508 e. The van der Waals surface area contributed by atoms with Crippen molar-refractivity contribution in [2.45, 2.75) is 71.1 Å². The third-order valence-corrected chi connectivity index (χ3v) is 6.71. The number of hydrogen-bond donors (Lipinski definition) is 6. The van der Waals surface area contributed by atoms with E-state index in [0.29, 0.717) is 12.0 Å². The summed E-state index contributed by atoms with van der Waals surface area (Å²) in [5.41, 5.74) is 7.49. The molecule has 0 aliphatic carbocycles.